The van der Waals surface area contributed by atoms with Crippen LogP contribution in [0.2, 0.25) is 0 Å². The molecule has 1 heterocycles. The van der Waals surface area contributed by atoms with Gasteiger partial charge in [-0.05, 0) is 19.9 Å². The Morgan fingerprint density at radius 1 is 1.33 bits per heavy atom. The molecule has 1 N–H and O–H groups in total. The van der Waals surface area contributed by atoms with E-state index in [0.717, 1.165) is 24.2 Å². The molecule has 0 aromatic carbocycles. The molecule has 0 spiro atoms. The second-order valence-corrected chi connectivity index (χ2v) is 3.76. The lowest BCUT2D eigenvalue weighted by Gasteiger charge is -2.18. The van der Waals surface area contributed by atoms with Gasteiger partial charge in [0, 0.05) is 17.2 Å². The van der Waals surface area contributed by atoms with Gasteiger partial charge in [0.2, 0.25) is 5.88 Å². The molecule has 1 aromatic heterocycles. The van der Waals surface area contributed by atoms with Gasteiger partial charge in [0.1, 0.15) is 5.75 Å². The largest absolute Gasteiger partial charge is 0.495 e. The van der Waals surface area contributed by atoms with Crippen molar-refractivity contribution in [3.8, 4) is 11.6 Å². The van der Waals surface area contributed by atoms with E-state index >= 15 is 0 Å². The molecule has 1 fully saturated rings. The number of aromatic nitrogens is 1. The minimum absolute atomic E-state index is 0.0710. The van der Waals surface area contributed by atoms with Gasteiger partial charge >= 0.3 is 0 Å². The first-order valence-electron chi connectivity index (χ1n) is 5.03. The van der Waals surface area contributed by atoms with Crippen LogP contribution in [0.15, 0.2) is 12.3 Å². The van der Waals surface area contributed by atoms with Crippen LogP contribution in [-0.4, -0.2) is 26.3 Å². The molecule has 82 valence electrons. The maximum Gasteiger partial charge on any atom is 0.213 e. The third-order valence-corrected chi connectivity index (χ3v) is 3.02. The van der Waals surface area contributed by atoms with Gasteiger partial charge in [-0.3, -0.25) is 0 Å². The smallest absolute Gasteiger partial charge is 0.213 e. The zero-order valence-electron chi connectivity index (χ0n) is 9.33. The lowest BCUT2D eigenvalue weighted by Crippen LogP contribution is -2.25. The number of pyridine rings is 1. The first kappa shape index (κ1) is 10.2. The van der Waals surface area contributed by atoms with Crippen LogP contribution in [0.5, 0.6) is 11.6 Å². The summed E-state index contributed by atoms with van der Waals surface area (Å²) in [5.41, 5.74) is 1.21. The van der Waals surface area contributed by atoms with Gasteiger partial charge in [-0.15, -0.1) is 0 Å². The molecule has 0 atom stereocenters. The highest BCUT2D eigenvalue weighted by Crippen LogP contribution is 2.48. The van der Waals surface area contributed by atoms with Gasteiger partial charge in [0.25, 0.3) is 0 Å². The number of nitrogens with zero attached hydrogens (tertiary/aromatic N) is 1. The summed E-state index contributed by atoms with van der Waals surface area (Å²) in [6.07, 6.45) is 3.98. The average Bonchev–Trinajstić information content (AvgIpc) is 3.09. The minimum Gasteiger partial charge on any atom is -0.495 e. The highest BCUT2D eigenvalue weighted by atomic mass is 16.5. The Morgan fingerprint density at radius 2 is 2.07 bits per heavy atom. The Bertz CT molecular complexity index is 362. The zero-order chi connectivity index (χ0) is 10.9. The molecule has 0 bridgehead atoms. The topological polar surface area (TPSA) is 43.4 Å². The fourth-order valence-electron chi connectivity index (χ4n) is 1.85. The highest BCUT2D eigenvalue weighted by Gasteiger charge is 2.45. The third kappa shape index (κ3) is 1.65. The monoisotopic (exact) mass is 208 g/mol. The number of hydrogen-bond donors (Lipinski definition) is 1. The van der Waals surface area contributed by atoms with Crippen molar-refractivity contribution in [3.63, 3.8) is 0 Å². The average molecular weight is 208 g/mol. The Kier molecular flexibility index (Phi) is 2.52. The SMILES string of the molecule is CNC1(c2cc(OC)ncc2OC)CC1. The molecular formula is C11H16N2O2. The maximum atomic E-state index is 5.31. The number of nitrogens with one attached hydrogen (secondary N) is 1. The minimum atomic E-state index is 0.0710. The second kappa shape index (κ2) is 3.70. The molecule has 4 nitrogen and oxygen atoms in total. The van der Waals surface area contributed by atoms with Crippen molar-refractivity contribution in [1.29, 1.82) is 0 Å². The van der Waals surface area contributed by atoms with Crippen LogP contribution < -0.4 is 14.8 Å². The first-order valence-corrected chi connectivity index (χ1v) is 5.03. The second-order valence-electron chi connectivity index (χ2n) is 3.76. The van der Waals surface area contributed by atoms with Crippen molar-refractivity contribution < 1.29 is 9.47 Å². The van der Waals surface area contributed by atoms with Crippen molar-refractivity contribution in [2.24, 2.45) is 0 Å². The summed E-state index contributed by atoms with van der Waals surface area (Å²) in [6.45, 7) is 0. The molecule has 0 saturated heterocycles. The molecule has 4 heteroatoms. The van der Waals surface area contributed by atoms with E-state index in [1.807, 2.05) is 13.1 Å². The van der Waals surface area contributed by atoms with Gasteiger partial charge in [0.05, 0.1) is 20.4 Å². The Balaban J connectivity index is 2.42. The molecule has 1 saturated carbocycles. The molecule has 0 amide bonds. The van der Waals surface area contributed by atoms with E-state index in [0.29, 0.717) is 5.88 Å². The fourth-order valence-corrected chi connectivity index (χ4v) is 1.85. The highest BCUT2D eigenvalue weighted by molar-refractivity contribution is 5.43. The van der Waals surface area contributed by atoms with Crippen molar-refractivity contribution in [3.05, 3.63) is 17.8 Å². The van der Waals surface area contributed by atoms with Crippen molar-refractivity contribution >= 4 is 0 Å². The third-order valence-electron chi connectivity index (χ3n) is 3.02. The summed E-state index contributed by atoms with van der Waals surface area (Å²) < 4.78 is 10.4. The lowest BCUT2D eigenvalue weighted by molar-refractivity contribution is 0.377. The van der Waals surface area contributed by atoms with Crippen LogP contribution in [0.25, 0.3) is 0 Å². The number of hydrogen-bond acceptors (Lipinski definition) is 4. The van der Waals surface area contributed by atoms with Gasteiger partial charge in [-0.1, -0.05) is 0 Å². The maximum absolute atomic E-state index is 5.31. The van der Waals surface area contributed by atoms with Crippen LogP contribution in [0.3, 0.4) is 0 Å². The summed E-state index contributed by atoms with van der Waals surface area (Å²) in [5, 5.41) is 3.33. The first-order chi connectivity index (χ1) is 7.25. The van der Waals surface area contributed by atoms with E-state index in [1.165, 1.54) is 0 Å². The fraction of sp³-hybridized carbons (Fsp3) is 0.545. The summed E-state index contributed by atoms with van der Waals surface area (Å²) in [5.74, 6) is 1.45. The molecular weight excluding hydrogens is 192 g/mol. The van der Waals surface area contributed by atoms with Crippen LogP contribution in [-0.2, 0) is 5.54 Å². The molecule has 0 radical (unpaired) electrons. The standard InChI is InChI=1S/C11H16N2O2/c1-12-11(4-5-11)8-6-10(15-3)13-7-9(8)14-2/h6-7,12H,4-5H2,1-3H3. The molecule has 0 unspecified atom stereocenters. The van der Waals surface area contributed by atoms with Crippen molar-refractivity contribution in [1.82, 2.24) is 10.3 Å². The molecule has 15 heavy (non-hydrogen) atoms. The molecule has 1 aliphatic carbocycles. The zero-order valence-corrected chi connectivity index (χ0v) is 9.33. The van der Waals surface area contributed by atoms with Crippen molar-refractivity contribution in [2.75, 3.05) is 21.3 Å². The van der Waals surface area contributed by atoms with Crippen molar-refractivity contribution in [2.45, 2.75) is 18.4 Å². The van der Waals surface area contributed by atoms with Crippen LogP contribution >= 0.6 is 0 Å². The van der Waals surface area contributed by atoms with E-state index in [1.54, 1.807) is 20.4 Å². The lowest BCUT2D eigenvalue weighted by atomic mass is 10.1. The van der Waals surface area contributed by atoms with E-state index in [-0.39, 0.29) is 5.54 Å². The van der Waals surface area contributed by atoms with E-state index in [4.69, 9.17) is 9.47 Å². The number of rotatable bonds is 4. The predicted molar refractivity (Wildman–Crippen MR) is 57.3 cm³/mol. The van der Waals surface area contributed by atoms with Gasteiger partial charge in [-0.2, -0.15) is 0 Å². The quantitative estimate of drug-likeness (QED) is 0.810. The number of ether oxygens (including phenoxy) is 2. The van der Waals surface area contributed by atoms with Gasteiger partial charge < -0.3 is 14.8 Å². The summed E-state index contributed by atoms with van der Waals surface area (Å²) >= 11 is 0. The Hall–Kier alpha value is -1.29. The van der Waals surface area contributed by atoms with E-state index in [9.17, 15) is 0 Å². The molecule has 1 aromatic rings. The van der Waals surface area contributed by atoms with Crippen LogP contribution in [0.1, 0.15) is 18.4 Å². The van der Waals surface area contributed by atoms with E-state index in [2.05, 4.69) is 10.3 Å². The number of methoxy groups -OCH3 is 2. The van der Waals surface area contributed by atoms with Crippen LogP contribution in [0, 0.1) is 0 Å². The van der Waals surface area contributed by atoms with Crippen LogP contribution in [0.4, 0.5) is 0 Å². The van der Waals surface area contributed by atoms with E-state index < -0.39 is 0 Å². The Morgan fingerprint density at radius 3 is 2.53 bits per heavy atom. The summed E-state index contributed by atoms with van der Waals surface area (Å²) in [7, 11) is 5.26. The Labute approximate surface area is 89.6 Å². The molecule has 1 aliphatic rings. The molecule has 0 aliphatic heterocycles. The normalized spacial score (nSPS) is 17.3. The van der Waals surface area contributed by atoms with Gasteiger partial charge in [-0.25, -0.2) is 4.98 Å². The predicted octanol–water partition coefficient (Wildman–Crippen LogP) is 1.31. The molecule has 2 rings (SSSR count). The summed E-state index contributed by atoms with van der Waals surface area (Å²) in [6, 6.07) is 1.95. The van der Waals surface area contributed by atoms with Gasteiger partial charge in [0.15, 0.2) is 0 Å². The summed E-state index contributed by atoms with van der Waals surface area (Å²) in [4.78, 5) is 4.13.